The molecule has 2 N–H and O–H groups in total. The lowest BCUT2D eigenvalue weighted by Gasteiger charge is -2.09. The van der Waals surface area contributed by atoms with Crippen molar-refractivity contribution >= 4 is 12.2 Å². The number of nitrogens with one attached hydrogen (secondary N) is 2. The fraction of sp³-hybridized carbons (Fsp3) is 0.217. The van der Waals surface area contributed by atoms with Gasteiger partial charge >= 0.3 is 0 Å². The van der Waals surface area contributed by atoms with Crippen LogP contribution in [0.25, 0.3) is 11.3 Å². The van der Waals surface area contributed by atoms with Gasteiger partial charge in [0.1, 0.15) is 17.4 Å². The Morgan fingerprint density at radius 1 is 1.27 bits per heavy atom. The van der Waals surface area contributed by atoms with Gasteiger partial charge in [-0.25, -0.2) is 10.4 Å². The van der Waals surface area contributed by atoms with Crippen LogP contribution in [0.15, 0.2) is 58.4 Å². The van der Waals surface area contributed by atoms with Crippen LogP contribution in [0.2, 0.25) is 0 Å². The summed E-state index contributed by atoms with van der Waals surface area (Å²) in [7, 11) is 0. The Morgan fingerprint density at radius 2 is 2.07 bits per heavy atom. The zero-order valence-corrected chi connectivity index (χ0v) is 17.0. The number of unbranched alkanes of at least 4 members (excludes halogenated alkanes) is 1. The van der Waals surface area contributed by atoms with Crippen molar-refractivity contribution in [2.75, 3.05) is 12.0 Å². The Bertz CT molecular complexity index is 1130. The molecule has 1 heterocycles. The second-order valence-corrected chi connectivity index (χ2v) is 6.71. The van der Waals surface area contributed by atoms with E-state index in [1.165, 1.54) is 0 Å². The normalized spacial score (nSPS) is 10.7. The first-order valence-electron chi connectivity index (χ1n) is 9.74. The van der Waals surface area contributed by atoms with E-state index in [1.54, 1.807) is 18.3 Å². The first-order valence-corrected chi connectivity index (χ1v) is 9.74. The molecule has 0 spiro atoms. The Labute approximate surface area is 175 Å². The second kappa shape index (κ2) is 10.0. The molecule has 3 aromatic rings. The fourth-order valence-electron chi connectivity index (χ4n) is 2.78. The molecule has 0 amide bonds. The number of benzene rings is 2. The maximum absolute atomic E-state index is 12.3. The number of hydrogen-bond donors (Lipinski definition) is 2. The zero-order chi connectivity index (χ0) is 21.3. The average Bonchev–Trinajstić information content (AvgIpc) is 2.76. The van der Waals surface area contributed by atoms with Crippen LogP contribution in [0.1, 0.15) is 36.5 Å². The predicted octanol–water partition coefficient (Wildman–Crippen LogP) is 4.24. The van der Waals surface area contributed by atoms with Crippen molar-refractivity contribution in [3.05, 3.63) is 75.6 Å². The number of hydrazone groups is 1. The van der Waals surface area contributed by atoms with Crippen LogP contribution in [-0.2, 0) is 0 Å². The van der Waals surface area contributed by atoms with Gasteiger partial charge in [0.2, 0.25) is 5.95 Å². The Morgan fingerprint density at radius 3 is 2.80 bits per heavy atom. The summed E-state index contributed by atoms with van der Waals surface area (Å²) in [6.45, 7) is 4.79. The Kier molecular flexibility index (Phi) is 6.95. The number of rotatable bonds is 8. The molecule has 0 bridgehead atoms. The molecule has 0 saturated carbocycles. The minimum absolute atomic E-state index is 0.0388. The largest absolute Gasteiger partial charge is 0.493 e. The molecule has 152 valence electrons. The van der Waals surface area contributed by atoms with Gasteiger partial charge in [0, 0.05) is 5.56 Å². The molecule has 0 aliphatic heterocycles. The highest BCUT2D eigenvalue weighted by Gasteiger charge is 2.12. The van der Waals surface area contributed by atoms with Crippen LogP contribution >= 0.6 is 0 Å². The molecular formula is C23H23N5O2. The molecule has 7 heteroatoms. The number of nitrogens with zero attached hydrogens (tertiary/aromatic N) is 3. The van der Waals surface area contributed by atoms with Crippen LogP contribution in [-0.4, -0.2) is 22.8 Å². The van der Waals surface area contributed by atoms with E-state index in [-0.39, 0.29) is 11.5 Å². The van der Waals surface area contributed by atoms with E-state index in [4.69, 9.17) is 4.74 Å². The molecule has 0 radical (unpaired) electrons. The van der Waals surface area contributed by atoms with Gasteiger partial charge in [0.05, 0.1) is 18.5 Å². The number of aromatic amines is 1. The molecule has 0 atom stereocenters. The van der Waals surface area contributed by atoms with Gasteiger partial charge in [0.15, 0.2) is 0 Å². The maximum Gasteiger partial charge on any atom is 0.270 e. The number of aryl methyl sites for hydroxylation is 1. The van der Waals surface area contributed by atoms with Gasteiger partial charge in [-0.2, -0.15) is 10.4 Å². The molecule has 7 nitrogen and oxygen atoms in total. The SMILES string of the molecule is CCCCOc1cc(C=NNc2nc(-c3ccccc3)c(C#N)c(=O)[nH]2)ccc1C. The second-order valence-electron chi connectivity index (χ2n) is 6.71. The van der Waals surface area contributed by atoms with Crippen molar-refractivity contribution in [3.63, 3.8) is 0 Å². The third-order valence-electron chi connectivity index (χ3n) is 4.43. The number of anilines is 1. The van der Waals surface area contributed by atoms with E-state index in [1.807, 2.05) is 49.4 Å². The summed E-state index contributed by atoms with van der Waals surface area (Å²) in [5, 5.41) is 13.5. The van der Waals surface area contributed by atoms with Crippen molar-refractivity contribution in [2.24, 2.45) is 5.10 Å². The van der Waals surface area contributed by atoms with E-state index in [2.05, 4.69) is 27.4 Å². The van der Waals surface area contributed by atoms with Crippen molar-refractivity contribution in [2.45, 2.75) is 26.7 Å². The summed E-state index contributed by atoms with van der Waals surface area (Å²) in [6, 6.07) is 16.8. The number of nitriles is 1. The van der Waals surface area contributed by atoms with Gasteiger partial charge < -0.3 is 4.74 Å². The summed E-state index contributed by atoms with van der Waals surface area (Å²) >= 11 is 0. The van der Waals surface area contributed by atoms with Gasteiger partial charge in [-0.1, -0.05) is 55.8 Å². The van der Waals surface area contributed by atoms with Gasteiger partial charge in [-0.15, -0.1) is 0 Å². The van der Waals surface area contributed by atoms with Gasteiger partial charge in [-0.3, -0.25) is 9.78 Å². The topological polar surface area (TPSA) is 103 Å². The monoisotopic (exact) mass is 401 g/mol. The molecule has 1 aromatic heterocycles. The zero-order valence-electron chi connectivity index (χ0n) is 17.0. The Hall–Kier alpha value is -3.92. The van der Waals surface area contributed by atoms with Crippen LogP contribution in [0.4, 0.5) is 5.95 Å². The average molecular weight is 401 g/mol. The highest BCUT2D eigenvalue weighted by molar-refractivity contribution is 5.81. The van der Waals surface area contributed by atoms with E-state index < -0.39 is 5.56 Å². The van der Waals surface area contributed by atoms with Crippen LogP contribution in [0, 0.1) is 18.3 Å². The predicted molar refractivity (Wildman–Crippen MR) is 118 cm³/mol. The summed E-state index contributed by atoms with van der Waals surface area (Å²) < 4.78 is 5.82. The van der Waals surface area contributed by atoms with Crippen LogP contribution in [0.5, 0.6) is 5.75 Å². The minimum Gasteiger partial charge on any atom is -0.493 e. The molecule has 2 aromatic carbocycles. The van der Waals surface area contributed by atoms with Crippen molar-refractivity contribution in [1.29, 1.82) is 5.26 Å². The molecule has 0 unspecified atom stereocenters. The first-order chi connectivity index (χ1) is 14.6. The molecule has 0 fully saturated rings. The third-order valence-corrected chi connectivity index (χ3v) is 4.43. The van der Waals surface area contributed by atoms with Crippen molar-refractivity contribution in [1.82, 2.24) is 9.97 Å². The summed E-state index contributed by atoms with van der Waals surface area (Å²) in [5.74, 6) is 0.976. The van der Waals surface area contributed by atoms with E-state index in [9.17, 15) is 10.1 Å². The molecular weight excluding hydrogens is 378 g/mol. The van der Waals surface area contributed by atoms with E-state index >= 15 is 0 Å². The maximum atomic E-state index is 12.3. The molecule has 3 rings (SSSR count). The van der Waals surface area contributed by atoms with Crippen molar-refractivity contribution in [3.8, 4) is 23.1 Å². The van der Waals surface area contributed by atoms with Crippen LogP contribution in [0.3, 0.4) is 0 Å². The number of aromatic nitrogens is 2. The summed E-state index contributed by atoms with van der Waals surface area (Å²) in [6.07, 6.45) is 3.69. The molecule has 0 aliphatic carbocycles. The summed E-state index contributed by atoms with van der Waals surface area (Å²) in [4.78, 5) is 19.2. The summed E-state index contributed by atoms with van der Waals surface area (Å²) in [5.41, 5.74) is 5.06. The van der Waals surface area contributed by atoms with Crippen molar-refractivity contribution < 1.29 is 4.74 Å². The number of H-pyrrole nitrogens is 1. The van der Waals surface area contributed by atoms with Gasteiger partial charge in [0.25, 0.3) is 5.56 Å². The third kappa shape index (κ3) is 5.11. The van der Waals surface area contributed by atoms with E-state index in [0.29, 0.717) is 17.9 Å². The first kappa shape index (κ1) is 20.8. The lowest BCUT2D eigenvalue weighted by atomic mass is 10.1. The molecule has 30 heavy (non-hydrogen) atoms. The highest BCUT2D eigenvalue weighted by Crippen LogP contribution is 2.20. The number of ether oxygens (including phenoxy) is 1. The van der Waals surface area contributed by atoms with Crippen LogP contribution < -0.4 is 15.7 Å². The lowest BCUT2D eigenvalue weighted by Crippen LogP contribution is -2.16. The standard InChI is InChI=1S/C23H23N5O2/c1-3-4-12-30-20-13-17(11-10-16(20)2)15-25-28-23-26-21(18-8-6-5-7-9-18)19(14-24)22(29)27-23/h5-11,13,15H,3-4,12H2,1-2H3,(H2,26,27,28,29). The smallest absolute Gasteiger partial charge is 0.270 e. The molecule has 0 saturated heterocycles. The Balaban J connectivity index is 1.80. The highest BCUT2D eigenvalue weighted by atomic mass is 16.5. The quantitative estimate of drug-likeness (QED) is 0.334. The fourth-order valence-corrected chi connectivity index (χ4v) is 2.78. The lowest BCUT2D eigenvalue weighted by molar-refractivity contribution is 0.307. The van der Waals surface area contributed by atoms with Gasteiger partial charge in [-0.05, 0) is 30.5 Å². The minimum atomic E-state index is -0.522. The molecule has 0 aliphatic rings. The van der Waals surface area contributed by atoms with E-state index in [0.717, 1.165) is 29.7 Å². The number of hydrogen-bond acceptors (Lipinski definition) is 6.